The molecule has 2 heterocycles. The molecule has 0 bridgehead atoms. The number of nitrogens with two attached hydrogens (primary N) is 1. The van der Waals surface area contributed by atoms with Crippen molar-refractivity contribution in [3.8, 4) is 0 Å². The van der Waals surface area contributed by atoms with Gasteiger partial charge in [0.1, 0.15) is 19.0 Å². The maximum absolute atomic E-state index is 10.6. The van der Waals surface area contributed by atoms with Gasteiger partial charge in [-0.05, 0) is 0 Å². The maximum Gasteiger partial charge on any atom is 0.350 e. The van der Waals surface area contributed by atoms with Crippen LogP contribution in [0.5, 0.6) is 0 Å². The van der Waals surface area contributed by atoms with Gasteiger partial charge in [-0.1, -0.05) is 6.58 Å². The molecule has 0 amide bonds. The minimum Gasteiger partial charge on any atom is -0.382 e. The zero-order valence-corrected chi connectivity index (χ0v) is 11.2. The van der Waals surface area contributed by atoms with Crippen LogP contribution in [0.15, 0.2) is 24.9 Å². The van der Waals surface area contributed by atoms with E-state index in [0.29, 0.717) is 16.9 Å². The molecule has 0 fully saturated rings. The van der Waals surface area contributed by atoms with Gasteiger partial charge in [-0.15, -0.1) is 0 Å². The van der Waals surface area contributed by atoms with E-state index in [1.807, 2.05) is 0 Å². The summed E-state index contributed by atoms with van der Waals surface area (Å²) >= 11 is 0. The van der Waals surface area contributed by atoms with Crippen LogP contribution in [-0.4, -0.2) is 42.4 Å². The minimum absolute atomic E-state index is 0.0780. The standard InChI is InChI=1S/C9H13N6O4P/c1-6(2-19-5-20(16,17)18)14-15-4-13-7-8(10)11-3-12-9(7)15/h3-4,14H,1-2,5H2,(H2,10,11,12)(H2,16,17,18). The van der Waals surface area contributed by atoms with Crippen molar-refractivity contribution >= 4 is 24.6 Å². The lowest BCUT2D eigenvalue weighted by molar-refractivity contribution is 0.178. The third-order valence-corrected chi connectivity index (χ3v) is 2.69. The highest BCUT2D eigenvalue weighted by molar-refractivity contribution is 7.51. The molecule has 20 heavy (non-hydrogen) atoms. The quantitative estimate of drug-likeness (QED) is 0.523. The van der Waals surface area contributed by atoms with Gasteiger partial charge in [-0.3, -0.25) is 9.99 Å². The number of nitrogens with zero attached hydrogens (tertiary/aromatic N) is 4. The second-order valence-corrected chi connectivity index (χ2v) is 5.49. The summed E-state index contributed by atoms with van der Waals surface area (Å²) in [4.78, 5) is 29.2. The van der Waals surface area contributed by atoms with Gasteiger partial charge in [0, 0.05) is 0 Å². The third kappa shape index (κ3) is 3.52. The van der Waals surface area contributed by atoms with Crippen molar-refractivity contribution < 1.29 is 19.1 Å². The number of imidazole rings is 1. The van der Waals surface area contributed by atoms with Gasteiger partial charge in [-0.25, -0.2) is 19.6 Å². The molecule has 0 atom stereocenters. The molecule has 2 aromatic rings. The summed E-state index contributed by atoms with van der Waals surface area (Å²) in [5.74, 6) is 0.249. The van der Waals surface area contributed by atoms with Crippen LogP contribution in [0.1, 0.15) is 0 Å². The molecule has 0 saturated heterocycles. The van der Waals surface area contributed by atoms with E-state index in [9.17, 15) is 4.57 Å². The van der Waals surface area contributed by atoms with E-state index in [2.05, 4.69) is 27.0 Å². The predicted octanol–water partition coefficient (Wildman–Crippen LogP) is -0.383. The lowest BCUT2D eigenvalue weighted by Crippen LogP contribution is -2.17. The normalized spacial score (nSPS) is 11.7. The van der Waals surface area contributed by atoms with E-state index >= 15 is 0 Å². The van der Waals surface area contributed by atoms with E-state index in [4.69, 9.17) is 20.3 Å². The fourth-order valence-corrected chi connectivity index (χ4v) is 1.75. The Kier molecular flexibility index (Phi) is 4.00. The Balaban J connectivity index is 2.00. The highest BCUT2D eigenvalue weighted by atomic mass is 31.2. The molecule has 2 rings (SSSR count). The van der Waals surface area contributed by atoms with Crippen molar-refractivity contribution in [1.82, 2.24) is 19.6 Å². The molecule has 2 aromatic heterocycles. The van der Waals surface area contributed by atoms with Crippen LogP contribution in [0, 0.1) is 0 Å². The lowest BCUT2D eigenvalue weighted by Gasteiger charge is -2.11. The van der Waals surface area contributed by atoms with Gasteiger partial charge >= 0.3 is 7.60 Å². The number of nitrogen functional groups attached to an aromatic ring is 1. The molecule has 11 heteroatoms. The molecule has 0 spiro atoms. The van der Waals surface area contributed by atoms with Crippen molar-refractivity contribution in [2.45, 2.75) is 0 Å². The monoisotopic (exact) mass is 300 g/mol. The molecule has 0 saturated carbocycles. The number of ether oxygens (including phenoxy) is 1. The zero-order chi connectivity index (χ0) is 14.8. The van der Waals surface area contributed by atoms with Gasteiger partial charge in [-0.2, -0.15) is 0 Å². The van der Waals surface area contributed by atoms with Crippen LogP contribution < -0.4 is 11.2 Å². The Hall–Kier alpha value is -2.00. The summed E-state index contributed by atoms with van der Waals surface area (Å²) in [6.45, 7) is 3.59. The first kappa shape index (κ1) is 14.4. The Labute approximate surface area is 113 Å². The average Bonchev–Trinajstić information content (AvgIpc) is 2.72. The third-order valence-electron chi connectivity index (χ3n) is 2.18. The zero-order valence-electron chi connectivity index (χ0n) is 10.3. The Morgan fingerprint density at radius 1 is 1.50 bits per heavy atom. The van der Waals surface area contributed by atoms with Crippen LogP contribution >= 0.6 is 7.60 Å². The number of aromatic nitrogens is 4. The lowest BCUT2D eigenvalue weighted by atomic mass is 10.5. The largest absolute Gasteiger partial charge is 0.382 e. The fraction of sp³-hybridized carbons (Fsp3) is 0.222. The highest BCUT2D eigenvalue weighted by Gasteiger charge is 2.13. The van der Waals surface area contributed by atoms with Crippen LogP contribution in [0.2, 0.25) is 0 Å². The first-order chi connectivity index (χ1) is 9.37. The second kappa shape index (κ2) is 5.55. The van der Waals surface area contributed by atoms with E-state index in [0.717, 1.165) is 0 Å². The average molecular weight is 300 g/mol. The molecular formula is C9H13N6O4P. The van der Waals surface area contributed by atoms with Gasteiger partial charge in [0.15, 0.2) is 17.0 Å². The van der Waals surface area contributed by atoms with Crippen molar-refractivity contribution in [2.75, 3.05) is 24.1 Å². The predicted molar refractivity (Wildman–Crippen MR) is 71.1 cm³/mol. The Bertz CT molecular complexity index is 680. The van der Waals surface area contributed by atoms with Crippen molar-refractivity contribution in [1.29, 1.82) is 0 Å². The molecular weight excluding hydrogens is 287 g/mol. The topological polar surface area (TPSA) is 148 Å². The molecule has 0 unspecified atom stereocenters. The van der Waals surface area contributed by atoms with Crippen LogP contribution in [0.4, 0.5) is 5.82 Å². The van der Waals surface area contributed by atoms with Gasteiger partial charge in [0.2, 0.25) is 0 Å². The Morgan fingerprint density at radius 2 is 2.25 bits per heavy atom. The van der Waals surface area contributed by atoms with Gasteiger partial charge in [0.25, 0.3) is 0 Å². The van der Waals surface area contributed by atoms with Gasteiger partial charge in [0.05, 0.1) is 12.3 Å². The molecule has 0 aromatic carbocycles. The summed E-state index contributed by atoms with van der Waals surface area (Å²) < 4.78 is 16.9. The number of rotatable bonds is 6. The van der Waals surface area contributed by atoms with Crippen molar-refractivity contribution in [3.05, 3.63) is 24.9 Å². The SMILES string of the molecule is C=C(COCP(=O)(O)O)Nn1cnc2c(N)ncnc21. The van der Waals surface area contributed by atoms with Crippen LogP contribution in [-0.2, 0) is 9.30 Å². The molecule has 0 aliphatic heterocycles. The summed E-state index contributed by atoms with van der Waals surface area (Å²) in [6.07, 6.45) is 2.06. The summed E-state index contributed by atoms with van der Waals surface area (Å²) in [6, 6.07) is 0. The molecule has 5 N–H and O–H groups in total. The maximum atomic E-state index is 10.6. The smallest absolute Gasteiger partial charge is 0.350 e. The number of anilines is 1. The van der Waals surface area contributed by atoms with E-state index in [-0.39, 0.29) is 12.4 Å². The number of hydrogen-bond acceptors (Lipinski definition) is 7. The van der Waals surface area contributed by atoms with Crippen LogP contribution in [0.25, 0.3) is 11.2 Å². The first-order valence-electron chi connectivity index (χ1n) is 5.37. The molecule has 0 aliphatic rings. The minimum atomic E-state index is -4.19. The van der Waals surface area contributed by atoms with E-state index < -0.39 is 13.9 Å². The van der Waals surface area contributed by atoms with Crippen LogP contribution in [0.3, 0.4) is 0 Å². The number of fused-ring (bicyclic) bond motifs is 1. The molecule has 0 radical (unpaired) electrons. The van der Waals surface area contributed by atoms with E-state index in [1.165, 1.54) is 17.3 Å². The van der Waals surface area contributed by atoms with E-state index in [1.54, 1.807) is 0 Å². The highest BCUT2D eigenvalue weighted by Crippen LogP contribution is 2.33. The molecule has 0 aliphatic carbocycles. The first-order valence-corrected chi connectivity index (χ1v) is 7.17. The number of hydrogen-bond donors (Lipinski definition) is 4. The summed E-state index contributed by atoms with van der Waals surface area (Å²) in [5, 5.41) is 0. The number of nitrogens with one attached hydrogen (secondary N) is 1. The second-order valence-electron chi connectivity index (χ2n) is 3.90. The summed E-state index contributed by atoms with van der Waals surface area (Å²) in [5.41, 5.74) is 9.71. The molecule has 108 valence electrons. The molecule has 10 nitrogen and oxygen atoms in total. The summed E-state index contributed by atoms with van der Waals surface area (Å²) in [7, 11) is -4.19. The fourth-order valence-electron chi connectivity index (χ4n) is 1.43. The van der Waals surface area contributed by atoms with Gasteiger partial charge < -0.3 is 20.3 Å². The Morgan fingerprint density at radius 3 is 2.95 bits per heavy atom. The van der Waals surface area contributed by atoms with Crippen molar-refractivity contribution in [3.63, 3.8) is 0 Å². The van der Waals surface area contributed by atoms with Crippen molar-refractivity contribution in [2.24, 2.45) is 0 Å².